The monoisotopic (exact) mass is 300 g/mol. The molecule has 0 saturated carbocycles. The largest absolute Gasteiger partial charge is 0.424 e. The second kappa shape index (κ2) is 5.03. The van der Waals surface area contributed by atoms with Crippen LogP contribution in [-0.2, 0) is 16.4 Å². The first-order chi connectivity index (χ1) is 7.29. The molecule has 0 radical (unpaired) electrons. The van der Waals surface area contributed by atoms with Gasteiger partial charge in [0.1, 0.15) is 10.5 Å². The molecule has 0 aliphatic carbocycles. The maximum atomic E-state index is 5.41. The topological polar surface area (TPSA) is 9.23 Å². The van der Waals surface area contributed by atoms with E-state index < -0.39 is 0 Å². The summed E-state index contributed by atoms with van der Waals surface area (Å²) in [7, 11) is 0.784. The lowest BCUT2D eigenvalue weighted by molar-refractivity contribution is 0.336. The summed E-state index contributed by atoms with van der Waals surface area (Å²) in [5, 5.41) is 0. The van der Waals surface area contributed by atoms with Crippen LogP contribution in [0.2, 0.25) is 0 Å². The average molecular weight is 301 g/mol. The van der Waals surface area contributed by atoms with Crippen molar-refractivity contribution >= 4 is 26.4 Å². The molecule has 0 aromatic heterocycles. The van der Waals surface area contributed by atoms with Crippen molar-refractivity contribution in [2.45, 2.75) is 46.6 Å². The Bertz CT molecular complexity index is 394. The molecule has 1 rings (SSSR count). The molecule has 0 atom stereocenters. The summed E-state index contributed by atoms with van der Waals surface area (Å²) in [6, 6.07) is 2.21. The van der Waals surface area contributed by atoms with E-state index in [0.29, 0.717) is 0 Å². The minimum absolute atomic E-state index is 0.189. The molecule has 0 N–H and O–H groups in total. The van der Waals surface area contributed by atoms with E-state index in [1.807, 2.05) is 0 Å². The van der Waals surface area contributed by atoms with Crippen molar-refractivity contribution in [1.82, 2.24) is 0 Å². The van der Waals surface area contributed by atoms with E-state index in [0.717, 1.165) is 17.1 Å². The lowest BCUT2D eigenvalue weighted by atomic mass is 9.80. The average Bonchev–Trinajstić information content (AvgIpc) is 2.09. The lowest BCUT2D eigenvalue weighted by Crippen LogP contribution is -2.17. The molecule has 90 valence electrons. The van der Waals surface area contributed by atoms with E-state index in [-0.39, 0.29) is 5.41 Å². The highest BCUT2D eigenvalue weighted by atomic mass is 79.9. The molecule has 3 heteroatoms. The summed E-state index contributed by atoms with van der Waals surface area (Å²) in [6.45, 7) is 11.9. The zero-order valence-electron chi connectivity index (χ0n) is 11.1. The summed E-state index contributed by atoms with van der Waals surface area (Å²) in [5.74, 6) is 0. The van der Waals surface area contributed by atoms with E-state index in [1.54, 1.807) is 0 Å². The fraction of sp³-hybridized carbons (Fsp3) is 0.538. The van der Waals surface area contributed by atoms with E-state index in [2.05, 4.69) is 56.6 Å². The van der Waals surface area contributed by atoms with Crippen LogP contribution in [0.5, 0.6) is 0 Å². The first-order valence-corrected chi connectivity index (χ1v) is 7.18. The summed E-state index contributed by atoms with van der Waals surface area (Å²) in [6.07, 6.45) is 0. The predicted molar refractivity (Wildman–Crippen MR) is 77.0 cm³/mol. The van der Waals surface area contributed by atoms with Crippen LogP contribution in [0.25, 0.3) is 0 Å². The smallest absolute Gasteiger partial charge is 0.146 e. The highest BCUT2D eigenvalue weighted by Crippen LogP contribution is 2.34. The van der Waals surface area contributed by atoms with Crippen molar-refractivity contribution in [3.63, 3.8) is 0 Å². The third kappa shape index (κ3) is 2.76. The van der Waals surface area contributed by atoms with Crippen molar-refractivity contribution in [2.75, 3.05) is 0 Å². The van der Waals surface area contributed by atoms with Gasteiger partial charge in [0.15, 0.2) is 0 Å². The fourth-order valence-electron chi connectivity index (χ4n) is 2.45. The molecule has 0 aliphatic heterocycles. The van der Waals surface area contributed by atoms with Crippen LogP contribution < -0.4 is 0 Å². The zero-order chi connectivity index (χ0) is 12.5. The lowest BCUT2D eigenvalue weighted by Gasteiger charge is -2.26. The second-order valence-electron chi connectivity index (χ2n) is 5.34. The van der Waals surface area contributed by atoms with Gasteiger partial charge in [0.2, 0.25) is 0 Å². The molecule has 0 amide bonds. The molecule has 0 saturated heterocycles. The van der Waals surface area contributed by atoms with Crippen molar-refractivity contribution in [3.05, 3.63) is 32.8 Å². The second-order valence-corrected chi connectivity index (χ2v) is 6.77. The SMILES string of the molecule is Cc1cc(Br)c(CO[SiH3])c(C)c1C(C)(C)C. The Kier molecular flexibility index (Phi) is 4.38. The van der Waals surface area contributed by atoms with Gasteiger partial charge in [-0.05, 0) is 47.6 Å². The molecule has 1 aromatic carbocycles. The molecular weight excluding hydrogens is 280 g/mol. The highest BCUT2D eigenvalue weighted by Gasteiger charge is 2.21. The maximum absolute atomic E-state index is 5.41. The van der Waals surface area contributed by atoms with Crippen LogP contribution >= 0.6 is 15.9 Å². The number of halogens is 1. The number of benzene rings is 1. The fourth-order valence-corrected chi connectivity index (χ4v) is 3.49. The molecule has 0 bridgehead atoms. The van der Waals surface area contributed by atoms with Crippen molar-refractivity contribution < 1.29 is 4.43 Å². The Morgan fingerprint density at radius 1 is 1.31 bits per heavy atom. The Hall–Kier alpha value is -0.123. The summed E-state index contributed by atoms with van der Waals surface area (Å²) in [4.78, 5) is 0. The molecule has 0 unspecified atom stereocenters. The van der Waals surface area contributed by atoms with E-state index in [9.17, 15) is 0 Å². The molecule has 0 heterocycles. The molecule has 16 heavy (non-hydrogen) atoms. The Morgan fingerprint density at radius 3 is 2.31 bits per heavy atom. The van der Waals surface area contributed by atoms with Crippen molar-refractivity contribution in [2.24, 2.45) is 0 Å². The van der Waals surface area contributed by atoms with Gasteiger partial charge in [-0.15, -0.1) is 0 Å². The number of aryl methyl sites for hydroxylation is 1. The zero-order valence-corrected chi connectivity index (χ0v) is 14.7. The number of hydrogen-bond donors (Lipinski definition) is 0. The van der Waals surface area contributed by atoms with Gasteiger partial charge in [-0.25, -0.2) is 0 Å². The van der Waals surface area contributed by atoms with E-state index >= 15 is 0 Å². The summed E-state index contributed by atoms with van der Waals surface area (Å²) >= 11 is 3.64. The Labute approximate surface area is 110 Å². The number of rotatable bonds is 2. The molecule has 1 nitrogen and oxygen atoms in total. The van der Waals surface area contributed by atoms with Gasteiger partial charge in [-0.1, -0.05) is 36.7 Å². The Morgan fingerprint density at radius 2 is 1.88 bits per heavy atom. The predicted octanol–water partition coefficient (Wildman–Crippen LogP) is 3.16. The van der Waals surface area contributed by atoms with Crippen LogP contribution in [0.1, 0.15) is 43.0 Å². The number of hydrogen-bond acceptors (Lipinski definition) is 1. The standard InChI is InChI=1S/C13H21BrOSi/c1-8-6-11(14)10(7-15-16)9(2)12(8)13(3,4)5/h6H,7H2,1-5,16H3. The van der Waals surface area contributed by atoms with Gasteiger partial charge in [0.25, 0.3) is 0 Å². The van der Waals surface area contributed by atoms with Crippen LogP contribution in [0, 0.1) is 13.8 Å². The summed E-state index contributed by atoms with van der Waals surface area (Å²) < 4.78 is 6.58. The van der Waals surface area contributed by atoms with Crippen LogP contribution in [0.15, 0.2) is 10.5 Å². The third-order valence-electron chi connectivity index (χ3n) is 2.89. The molecule has 0 spiro atoms. The first-order valence-electron chi connectivity index (χ1n) is 5.57. The normalized spacial score (nSPS) is 12.1. The van der Waals surface area contributed by atoms with Crippen LogP contribution in [0.4, 0.5) is 0 Å². The first kappa shape index (κ1) is 13.9. The van der Waals surface area contributed by atoms with Gasteiger partial charge >= 0.3 is 0 Å². The minimum Gasteiger partial charge on any atom is -0.424 e. The molecular formula is C13H21BrOSi. The third-order valence-corrected chi connectivity index (χ3v) is 3.89. The Balaban J connectivity index is 3.45. The molecule has 0 fully saturated rings. The van der Waals surface area contributed by atoms with Gasteiger partial charge in [-0.3, -0.25) is 0 Å². The van der Waals surface area contributed by atoms with E-state index in [4.69, 9.17) is 4.43 Å². The quantitative estimate of drug-likeness (QED) is 0.763. The summed E-state index contributed by atoms with van der Waals surface area (Å²) in [5.41, 5.74) is 5.66. The highest BCUT2D eigenvalue weighted by molar-refractivity contribution is 9.10. The van der Waals surface area contributed by atoms with Crippen molar-refractivity contribution in [3.8, 4) is 0 Å². The van der Waals surface area contributed by atoms with Gasteiger partial charge in [-0.2, -0.15) is 0 Å². The van der Waals surface area contributed by atoms with E-state index in [1.165, 1.54) is 26.7 Å². The molecule has 1 aromatic rings. The molecule has 0 aliphatic rings. The van der Waals surface area contributed by atoms with Crippen LogP contribution in [-0.4, -0.2) is 10.5 Å². The van der Waals surface area contributed by atoms with Gasteiger partial charge in [0, 0.05) is 4.47 Å². The van der Waals surface area contributed by atoms with Crippen LogP contribution in [0.3, 0.4) is 0 Å². The minimum atomic E-state index is 0.189. The van der Waals surface area contributed by atoms with Gasteiger partial charge in [0.05, 0.1) is 6.61 Å². The maximum Gasteiger partial charge on any atom is 0.146 e. The van der Waals surface area contributed by atoms with Crippen molar-refractivity contribution in [1.29, 1.82) is 0 Å². The van der Waals surface area contributed by atoms with Gasteiger partial charge < -0.3 is 4.43 Å².